The SMILES string of the molecule is CCCc1nc(C(=O)N2CCN(Cc3ccccc3)C[C@H](O)C2)cs1. The van der Waals surface area contributed by atoms with Crippen LogP contribution < -0.4 is 0 Å². The molecule has 2 aromatic rings. The Morgan fingerprint density at radius 2 is 2.08 bits per heavy atom. The molecule has 2 heterocycles. The zero-order chi connectivity index (χ0) is 17.6. The molecule has 1 atom stereocenters. The number of rotatable bonds is 5. The quantitative estimate of drug-likeness (QED) is 0.891. The Labute approximate surface area is 152 Å². The highest BCUT2D eigenvalue weighted by molar-refractivity contribution is 7.09. The predicted molar refractivity (Wildman–Crippen MR) is 99.7 cm³/mol. The molecule has 0 radical (unpaired) electrons. The Hall–Kier alpha value is -1.76. The van der Waals surface area contributed by atoms with E-state index in [9.17, 15) is 9.90 Å². The summed E-state index contributed by atoms with van der Waals surface area (Å²) in [4.78, 5) is 21.1. The summed E-state index contributed by atoms with van der Waals surface area (Å²) in [5, 5.41) is 13.2. The number of aromatic nitrogens is 1. The fourth-order valence-corrected chi connectivity index (χ4v) is 4.00. The van der Waals surface area contributed by atoms with Crippen LogP contribution in [0.2, 0.25) is 0 Å². The van der Waals surface area contributed by atoms with Crippen molar-refractivity contribution in [3.05, 3.63) is 52.0 Å². The Morgan fingerprint density at radius 3 is 2.84 bits per heavy atom. The van der Waals surface area contributed by atoms with Gasteiger partial charge in [-0.15, -0.1) is 11.3 Å². The van der Waals surface area contributed by atoms with Crippen molar-refractivity contribution in [3.8, 4) is 0 Å². The van der Waals surface area contributed by atoms with Crippen LogP contribution in [0.4, 0.5) is 0 Å². The van der Waals surface area contributed by atoms with Gasteiger partial charge in [0.15, 0.2) is 0 Å². The average molecular weight is 359 g/mol. The summed E-state index contributed by atoms with van der Waals surface area (Å²) in [6, 6.07) is 10.2. The van der Waals surface area contributed by atoms with Gasteiger partial charge in [-0.3, -0.25) is 9.69 Å². The zero-order valence-electron chi connectivity index (χ0n) is 14.6. The third-order valence-electron chi connectivity index (χ3n) is 4.36. The third kappa shape index (κ3) is 4.87. The van der Waals surface area contributed by atoms with Crippen molar-refractivity contribution in [1.29, 1.82) is 0 Å². The highest BCUT2D eigenvalue weighted by Gasteiger charge is 2.26. The molecule has 25 heavy (non-hydrogen) atoms. The molecule has 0 bridgehead atoms. The van der Waals surface area contributed by atoms with Gasteiger partial charge in [0.25, 0.3) is 5.91 Å². The molecule has 6 heteroatoms. The summed E-state index contributed by atoms with van der Waals surface area (Å²) in [6.45, 7) is 5.21. The van der Waals surface area contributed by atoms with Gasteiger partial charge in [0.1, 0.15) is 5.69 Å². The first-order chi connectivity index (χ1) is 12.2. The van der Waals surface area contributed by atoms with Crippen LogP contribution in [0.15, 0.2) is 35.7 Å². The summed E-state index contributed by atoms with van der Waals surface area (Å²) in [5.74, 6) is -0.0702. The summed E-state index contributed by atoms with van der Waals surface area (Å²) in [7, 11) is 0. The zero-order valence-corrected chi connectivity index (χ0v) is 15.4. The number of aliphatic hydroxyl groups excluding tert-OH is 1. The fraction of sp³-hybridized carbons (Fsp3) is 0.474. The van der Waals surface area contributed by atoms with E-state index in [-0.39, 0.29) is 5.91 Å². The van der Waals surface area contributed by atoms with E-state index in [0.717, 1.165) is 30.9 Å². The molecule has 1 aliphatic rings. The maximum Gasteiger partial charge on any atom is 0.273 e. The third-order valence-corrected chi connectivity index (χ3v) is 5.27. The van der Waals surface area contributed by atoms with Crippen LogP contribution in [0.25, 0.3) is 0 Å². The first-order valence-electron chi connectivity index (χ1n) is 8.83. The summed E-state index contributed by atoms with van der Waals surface area (Å²) in [5.41, 5.74) is 1.73. The number of aliphatic hydroxyl groups is 1. The highest BCUT2D eigenvalue weighted by atomic mass is 32.1. The van der Waals surface area contributed by atoms with Crippen molar-refractivity contribution in [3.63, 3.8) is 0 Å². The topological polar surface area (TPSA) is 56.7 Å². The van der Waals surface area contributed by atoms with Gasteiger partial charge in [-0.05, 0) is 18.4 Å². The van der Waals surface area contributed by atoms with Gasteiger partial charge >= 0.3 is 0 Å². The largest absolute Gasteiger partial charge is 0.390 e. The van der Waals surface area contributed by atoms with Crippen molar-refractivity contribution in [2.75, 3.05) is 26.2 Å². The number of carbonyl (C=O) groups is 1. The molecule has 5 nitrogen and oxygen atoms in total. The van der Waals surface area contributed by atoms with Gasteiger partial charge in [0.05, 0.1) is 11.1 Å². The van der Waals surface area contributed by atoms with Crippen LogP contribution in [0, 0.1) is 0 Å². The minimum Gasteiger partial charge on any atom is -0.390 e. The lowest BCUT2D eigenvalue weighted by atomic mass is 10.2. The smallest absolute Gasteiger partial charge is 0.273 e. The number of thiazole rings is 1. The number of amides is 1. The minimum absolute atomic E-state index is 0.0702. The molecule has 134 valence electrons. The normalized spacial score (nSPS) is 19.0. The van der Waals surface area contributed by atoms with E-state index in [1.165, 1.54) is 5.56 Å². The average Bonchev–Trinajstić information content (AvgIpc) is 2.99. The summed E-state index contributed by atoms with van der Waals surface area (Å²) < 4.78 is 0. The second-order valence-corrected chi connectivity index (χ2v) is 7.44. The number of aryl methyl sites for hydroxylation is 1. The highest BCUT2D eigenvalue weighted by Crippen LogP contribution is 2.16. The first-order valence-corrected chi connectivity index (χ1v) is 9.71. The van der Waals surface area contributed by atoms with Crippen LogP contribution in [-0.2, 0) is 13.0 Å². The van der Waals surface area contributed by atoms with Gasteiger partial charge in [-0.1, -0.05) is 37.3 Å². The fourth-order valence-electron chi connectivity index (χ4n) is 3.12. The molecule has 0 aliphatic carbocycles. The van der Waals surface area contributed by atoms with Crippen LogP contribution in [0.1, 0.15) is 34.4 Å². The van der Waals surface area contributed by atoms with Gasteiger partial charge < -0.3 is 10.0 Å². The second-order valence-electron chi connectivity index (χ2n) is 6.50. The van der Waals surface area contributed by atoms with Gasteiger partial charge in [0.2, 0.25) is 0 Å². The second kappa shape index (κ2) is 8.56. The number of β-amino-alcohol motifs (C(OH)–C–C–N with tert-alkyl or cyclic N) is 1. The van der Waals surface area contributed by atoms with E-state index in [4.69, 9.17) is 0 Å². The number of hydrogen-bond donors (Lipinski definition) is 1. The van der Waals surface area contributed by atoms with Crippen LogP contribution >= 0.6 is 11.3 Å². The molecule has 1 aromatic carbocycles. The Balaban J connectivity index is 1.62. The van der Waals surface area contributed by atoms with E-state index in [2.05, 4.69) is 28.9 Å². The van der Waals surface area contributed by atoms with E-state index < -0.39 is 6.10 Å². The monoisotopic (exact) mass is 359 g/mol. The molecule has 0 spiro atoms. The van der Waals surface area contributed by atoms with Crippen molar-refractivity contribution in [1.82, 2.24) is 14.8 Å². The number of nitrogens with zero attached hydrogens (tertiary/aromatic N) is 3. The van der Waals surface area contributed by atoms with E-state index in [1.54, 1.807) is 16.2 Å². The molecule has 1 amide bonds. The van der Waals surface area contributed by atoms with E-state index in [0.29, 0.717) is 25.3 Å². The molecular formula is C19H25N3O2S. The molecule has 1 aliphatic heterocycles. The first kappa shape index (κ1) is 18.0. The molecule has 3 rings (SSSR count). The van der Waals surface area contributed by atoms with E-state index in [1.807, 2.05) is 23.6 Å². The minimum atomic E-state index is -0.538. The van der Waals surface area contributed by atoms with Crippen LogP contribution in [0.5, 0.6) is 0 Å². The molecule has 1 saturated heterocycles. The summed E-state index contributed by atoms with van der Waals surface area (Å²) in [6.07, 6.45) is 1.40. The number of hydrogen-bond acceptors (Lipinski definition) is 5. The molecule has 1 aromatic heterocycles. The maximum absolute atomic E-state index is 12.7. The molecular weight excluding hydrogens is 334 g/mol. The lowest BCUT2D eigenvalue weighted by Gasteiger charge is -2.21. The molecule has 1 N–H and O–H groups in total. The number of carbonyl (C=O) groups excluding carboxylic acids is 1. The van der Waals surface area contributed by atoms with Crippen molar-refractivity contribution >= 4 is 17.2 Å². The van der Waals surface area contributed by atoms with Crippen molar-refractivity contribution in [2.45, 2.75) is 32.4 Å². The van der Waals surface area contributed by atoms with Gasteiger partial charge in [-0.2, -0.15) is 0 Å². The molecule has 0 saturated carbocycles. The molecule has 0 unspecified atom stereocenters. The Morgan fingerprint density at radius 1 is 1.28 bits per heavy atom. The van der Waals surface area contributed by atoms with Crippen LogP contribution in [0.3, 0.4) is 0 Å². The standard InChI is InChI=1S/C19H25N3O2S/c1-2-6-18-20-17(14-25-18)19(24)22-10-9-21(12-16(23)13-22)11-15-7-4-3-5-8-15/h3-5,7-8,14,16,23H,2,6,9-13H2,1H3/t16-/m0/s1. The maximum atomic E-state index is 12.7. The van der Waals surface area contributed by atoms with Gasteiger partial charge in [0, 0.05) is 38.1 Å². The van der Waals surface area contributed by atoms with Gasteiger partial charge in [-0.25, -0.2) is 4.98 Å². The lowest BCUT2D eigenvalue weighted by molar-refractivity contribution is 0.0658. The molecule has 1 fully saturated rings. The van der Waals surface area contributed by atoms with E-state index >= 15 is 0 Å². The van der Waals surface area contributed by atoms with Crippen molar-refractivity contribution in [2.24, 2.45) is 0 Å². The lowest BCUT2D eigenvalue weighted by Crippen LogP contribution is -2.37. The van der Waals surface area contributed by atoms with Crippen molar-refractivity contribution < 1.29 is 9.90 Å². The predicted octanol–water partition coefficient (Wildman–Crippen LogP) is 2.41. The Kier molecular flexibility index (Phi) is 6.18. The summed E-state index contributed by atoms with van der Waals surface area (Å²) >= 11 is 1.54. The van der Waals surface area contributed by atoms with Crippen LogP contribution in [-0.4, -0.2) is 58.1 Å². The number of benzene rings is 1. The Bertz CT molecular complexity index is 689.